The Balaban J connectivity index is 2.08. The van der Waals surface area contributed by atoms with Gasteiger partial charge in [0, 0.05) is 12.6 Å². The Morgan fingerprint density at radius 2 is 2.18 bits per heavy atom. The van der Waals surface area contributed by atoms with Crippen LogP contribution in [-0.2, 0) is 0 Å². The van der Waals surface area contributed by atoms with Crippen molar-refractivity contribution < 1.29 is 9.90 Å². The molecule has 1 amide bonds. The molecule has 2 fully saturated rings. The molecule has 62 valence electrons. The topological polar surface area (TPSA) is 40.5 Å². The van der Waals surface area contributed by atoms with Crippen molar-refractivity contribution in [2.45, 2.75) is 31.7 Å². The van der Waals surface area contributed by atoms with Crippen LogP contribution in [0.2, 0.25) is 0 Å². The van der Waals surface area contributed by atoms with Gasteiger partial charge in [-0.25, -0.2) is 4.79 Å². The molecule has 0 aromatic carbocycles. The van der Waals surface area contributed by atoms with Gasteiger partial charge in [-0.3, -0.25) is 0 Å². The number of amides is 1. The first-order valence-corrected chi connectivity index (χ1v) is 4.28. The zero-order valence-electron chi connectivity index (χ0n) is 6.49. The summed E-state index contributed by atoms with van der Waals surface area (Å²) in [6.07, 6.45) is 3.93. The Kier molecular flexibility index (Phi) is 1.51. The molecule has 0 aromatic rings. The van der Waals surface area contributed by atoms with E-state index in [9.17, 15) is 4.79 Å². The van der Waals surface area contributed by atoms with Crippen LogP contribution >= 0.6 is 0 Å². The van der Waals surface area contributed by atoms with Gasteiger partial charge in [0.15, 0.2) is 0 Å². The average Bonchev–Trinajstić information content (AvgIpc) is 2.41. The Morgan fingerprint density at radius 1 is 1.36 bits per heavy atom. The van der Waals surface area contributed by atoms with Gasteiger partial charge in [0.05, 0.1) is 0 Å². The van der Waals surface area contributed by atoms with E-state index in [4.69, 9.17) is 5.11 Å². The number of hydrogen-bond acceptors (Lipinski definition) is 1. The van der Waals surface area contributed by atoms with Crippen LogP contribution in [-0.4, -0.2) is 28.7 Å². The summed E-state index contributed by atoms with van der Waals surface area (Å²) in [5.41, 5.74) is 0. The fourth-order valence-electron chi connectivity index (χ4n) is 2.47. The first-order chi connectivity index (χ1) is 5.29. The molecule has 0 spiro atoms. The van der Waals surface area contributed by atoms with Gasteiger partial charge in [0.1, 0.15) is 0 Å². The Hall–Kier alpha value is -0.730. The Labute approximate surface area is 66.0 Å². The molecule has 2 rings (SSSR count). The van der Waals surface area contributed by atoms with E-state index >= 15 is 0 Å². The number of likely N-dealkylation sites (tertiary alicyclic amines) is 1. The normalized spacial score (nSPS) is 35.8. The van der Waals surface area contributed by atoms with Crippen LogP contribution in [0.4, 0.5) is 4.79 Å². The maximum atomic E-state index is 10.7. The molecule has 1 heterocycles. The molecule has 2 atom stereocenters. The fraction of sp³-hybridized carbons (Fsp3) is 0.875. The number of carboxylic acid groups (broad SMARTS) is 1. The van der Waals surface area contributed by atoms with Gasteiger partial charge < -0.3 is 10.0 Å². The lowest BCUT2D eigenvalue weighted by molar-refractivity contribution is 0.138. The lowest BCUT2D eigenvalue weighted by Gasteiger charge is -2.19. The first kappa shape index (κ1) is 6.95. The summed E-state index contributed by atoms with van der Waals surface area (Å²) in [7, 11) is 0. The number of rotatable bonds is 0. The van der Waals surface area contributed by atoms with Crippen molar-refractivity contribution in [3.05, 3.63) is 0 Å². The maximum Gasteiger partial charge on any atom is 0.407 e. The molecule has 1 aliphatic heterocycles. The summed E-state index contributed by atoms with van der Waals surface area (Å²) in [5, 5.41) is 8.79. The largest absolute Gasteiger partial charge is 0.465 e. The molecule has 1 aliphatic carbocycles. The van der Waals surface area contributed by atoms with Gasteiger partial charge >= 0.3 is 6.09 Å². The second kappa shape index (κ2) is 2.40. The van der Waals surface area contributed by atoms with Crippen molar-refractivity contribution in [3.8, 4) is 0 Å². The molecule has 3 nitrogen and oxygen atoms in total. The van der Waals surface area contributed by atoms with Crippen LogP contribution in [0.5, 0.6) is 0 Å². The molecule has 0 bridgehead atoms. The summed E-state index contributed by atoms with van der Waals surface area (Å²) < 4.78 is 0. The first-order valence-electron chi connectivity index (χ1n) is 4.28. The van der Waals surface area contributed by atoms with Gasteiger partial charge in [0.2, 0.25) is 0 Å². The van der Waals surface area contributed by atoms with E-state index in [-0.39, 0.29) is 0 Å². The predicted octanol–water partition coefficient (Wildman–Crippen LogP) is 1.54. The summed E-state index contributed by atoms with van der Waals surface area (Å²) in [6, 6.07) is 0.368. The third-order valence-electron chi connectivity index (χ3n) is 3.01. The van der Waals surface area contributed by atoms with Crippen LogP contribution in [0.1, 0.15) is 25.7 Å². The van der Waals surface area contributed by atoms with E-state index in [0.29, 0.717) is 12.0 Å². The van der Waals surface area contributed by atoms with Crippen LogP contribution < -0.4 is 0 Å². The number of carbonyl (C=O) groups is 1. The highest BCUT2D eigenvalue weighted by Crippen LogP contribution is 2.37. The zero-order chi connectivity index (χ0) is 7.84. The van der Waals surface area contributed by atoms with E-state index < -0.39 is 6.09 Å². The lowest BCUT2D eigenvalue weighted by Crippen LogP contribution is -2.34. The van der Waals surface area contributed by atoms with Gasteiger partial charge in [-0.15, -0.1) is 0 Å². The lowest BCUT2D eigenvalue weighted by atomic mass is 10.1. The Morgan fingerprint density at radius 3 is 2.91 bits per heavy atom. The maximum absolute atomic E-state index is 10.7. The van der Waals surface area contributed by atoms with Gasteiger partial charge in [0.25, 0.3) is 0 Å². The summed E-state index contributed by atoms with van der Waals surface area (Å²) in [4.78, 5) is 12.3. The monoisotopic (exact) mass is 155 g/mol. The molecule has 0 radical (unpaired) electrons. The smallest absolute Gasteiger partial charge is 0.407 e. The van der Waals surface area contributed by atoms with Gasteiger partial charge in [-0.2, -0.15) is 0 Å². The van der Waals surface area contributed by atoms with E-state index in [1.807, 2.05) is 0 Å². The molecule has 11 heavy (non-hydrogen) atoms. The van der Waals surface area contributed by atoms with Gasteiger partial charge in [-0.1, -0.05) is 6.42 Å². The minimum absolute atomic E-state index is 0.368. The highest BCUT2D eigenvalue weighted by molar-refractivity contribution is 5.66. The molecule has 2 aliphatic rings. The van der Waals surface area contributed by atoms with Crippen LogP contribution in [0, 0.1) is 5.92 Å². The van der Waals surface area contributed by atoms with E-state index in [1.165, 1.54) is 12.8 Å². The minimum Gasteiger partial charge on any atom is -0.465 e. The highest BCUT2D eigenvalue weighted by atomic mass is 16.4. The summed E-state index contributed by atoms with van der Waals surface area (Å²) in [6.45, 7) is 0.769. The van der Waals surface area contributed by atoms with Crippen LogP contribution in [0.25, 0.3) is 0 Å². The minimum atomic E-state index is -0.723. The van der Waals surface area contributed by atoms with E-state index in [0.717, 1.165) is 19.4 Å². The third-order valence-corrected chi connectivity index (χ3v) is 3.01. The molecule has 0 aromatic heterocycles. The van der Waals surface area contributed by atoms with Crippen LogP contribution in [0.3, 0.4) is 0 Å². The van der Waals surface area contributed by atoms with Gasteiger partial charge in [-0.05, 0) is 25.2 Å². The fourth-order valence-corrected chi connectivity index (χ4v) is 2.47. The average molecular weight is 155 g/mol. The summed E-state index contributed by atoms with van der Waals surface area (Å²) >= 11 is 0. The predicted molar refractivity (Wildman–Crippen MR) is 40.5 cm³/mol. The molecule has 1 N–H and O–H groups in total. The van der Waals surface area contributed by atoms with Crippen molar-refractivity contribution in [1.82, 2.24) is 4.90 Å². The van der Waals surface area contributed by atoms with Crippen molar-refractivity contribution in [2.75, 3.05) is 6.54 Å². The summed E-state index contributed by atoms with van der Waals surface area (Å²) in [5.74, 6) is 0.686. The quantitative estimate of drug-likeness (QED) is 0.576. The standard InChI is InChI=1S/C8H13NO2/c10-8(11)9-5-4-6-2-1-3-7(6)9/h6-7H,1-5H2,(H,10,11). The number of nitrogens with zero attached hydrogens (tertiary/aromatic N) is 1. The molecule has 1 saturated carbocycles. The third kappa shape index (κ3) is 0.988. The molecular weight excluding hydrogens is 142 g/mol. The number of fused-ring (bicyclic) bond motifs is 1. The molecule has 1 saturated heterocycles. The molecule has 2 unspecified atom stereocenters. The second-order valence-electron chi connectivity index (χ2n) is 3.52. The highest BCUT2D eigenvalue weighted by Gasteiger charge is 2.39. The molecular formula is C8H13NO2. The Bertz CT molecular complexity index is 181. The van der Waals surface area contributed by atoms with Crippen LogP contribution in [0.15, 0.2) is 0 Å². The van der Waals surface area contributed by atoms with E-state index in [2.05, 4.69) is 0 Å². The molecule has 3 heteroatoms. The van der Waals surface area contributed by atoms with Crippen molar-refractivity contribution in [2.24, 2.45) is 5.92 Å². The van der Waals surface area contributed by atoms with Crippen molar-refractivity contribution >= 4 is 6.09 Å². The van der Waals surface area contributed by atoms with Crippen molar-refractivity contribution in [3.63, 3.8) is 0 Å². The van der Waals surface area contributed by atoms with E-state index in [1.54, 1.807) is 4.90 Å². The van der Waals surface area contributed by atoms with Crippen molar-refractivity contribution in [1.29, 1.82) is 0 Å². The SMILES string of the molecule is O=C(O)N1CCC2CCCC21. The zero-order valence-corrected chi connectivity index (χ0v) is 6.49. The number of hydrogen-bond donors (Lipinski definition) is 1. The second-order valence-corrected chi connectivity index (χ2v) is 3.52.